The third kappa shape index (κ3) is 12.6. The summed E-state index contributed by atoms with van der Waals surface area (Å²) in [7, 11) is -1.59. The van der Waals surface area contributed by atoms with E-state index >= 15 is 0 Å². The molecule has 2 rings (SSSR count). The van der Waals surface area contributed by atoms with Gasteiger partial charge in [0.15, 0.2) is 11.5 Å². The lowest BCUT2D eigenvalue weighted by atomic mass is 10.0. The first kappa shape index (κ1) is 31.6. The van der Waals surface area contributed by atoms with Crippen molar-refractivity contribution in [3.05, 3.63) is 12.7 Å². The van der Waals surface area contributed by atoms with Crippen LogP contribution in [0.1, 0.15) is 117 Å². The lowest BCUT2D eigenvalue weighted by Crippen LogP contribution is -2.18. The molecular formula is C28H51N5O3P+. The molecule has 3 atom stereocenters. The predicted octanol–water partition coefficient (Wildman–Crippen LogP) is 7.83. The molecule has 2 N–H and O–H groups in total. The maximum absolute atomic E-state index is 12.8. The minimum atomic E-state index is -1.59. The van der Waals surface area contributed by atoms with Crippen molar-refractivity contribution in [3.63, 3.8) is 0 Å². The van der Waals surface area contributed by atoms with Crippen molar-refractivity contribution >= 4 is 24.8 Å². The van der Waals surface area contributed by atoms with Crippen LogP contribution in [-0.2, 0) is 20.6 Å². The Morgan fingerprint density at radius 3 is 2.05 bits per heavy atom. The third-order valence-electron chi connectivity index (χ3n) is 6.85. The topological polar surface area (TPSA) is 105 Å². The Hall–Kier alpha value is -1.63. The highest BCUT2D eigenvalue weighted by atomic mass is 31.1. The standard InChI is InChI=1S/C28H51N5O3P/c1-4-6-7-8-9-10-11-12-13-14-15-16-17-18-19-35-25(5-2)37(34)23-36-24(3)20-33-22-32-26-27(29)30-21-31-28(26)33/h21-22,24-25H,4-20,23H2,1-3H3,(H2,29,30,31)/q+1. The zero-order chi connectivity index (χ0) is 26.7. The van der Waals surface area contributed by atoms with E-state index in [1.54, 1.807) is 6.33 Å². The third-order valence-corrected chi connectivity index (χ3v) is 8.41. The molecule has 0 fully saturated rings. The molecule has 0 saturated heterocycles. The summed E-state index contributed by atoms with van der Waals surface area (Å²) in [6, 6.07) is 0. The number of rotatable bonds is 23. The van der Waals surface area contributed by atoms with Crippen LogP contribution >= 0.6 is 7.80 Å². The van der Waals surface area contributed by atoms with Crippen molar-refractivity contribution < 1.29 is 14.0 Å². The molecule has 8 nitrogen and oxygen atoms in total. The van der Waals surface area contributed by atoms with Crippen molar-refractivity contribution in [2.45, 2.75) is 136 Å². The van der Waals surface area contributed by atoms with E-state index in [0.717, 1.165) is 12.8 Å². The number of aromatic nitrogens is 4. The number of nitrogens with two attached hydrogens (primary N) is 1. The number of nitrogen functional groups attached to an aromatic ring is 1. The minimum Gasteiger partial charge on any atom is -0.382 e. The summed E-state index contributed by atoms with van der Waals surface area (Å²) in [4.78, 5) is 12.5. The van der Waals surface area contributed by atoms with E-state index in [2.05, 4.69) is 21.9 Å². The monoisotopic (exact) mass is 536 g/mol. The Morgan fingerprint density at radius 1 is 0.865 bits per heavy atom. The summed E-state index contributed by atoms with van der Waals surface area (Å²) in [6.45, 7) is 7.48. The number of hydrogen-bond acceptors (Lipinski definition) is 7. The lowest BCUT2D eigenvalue weighted by Gasteiger charge is -2.12. The molecule has 0 amide bonds. The van der Waals surface area contributed by atoms with Crippen molar-refractivity contribution in [2.24, 2.45) is 0 Å². The summed E-state index contributed by atoms with van der Waals surface area (Å²) >= 11 is 0. The number of anilines is 1. The van der Waals surface area contributed by atoms with Crippen LogP contribution in [0.5, 0.6) is 0 Å². The molecule has 210 valence electrons. The van der Waals surface area contributed by atoms with Gasteiger partial charge in [-0.15, -0.1) is 0 Å². The van der Waals surface area contributed by atoms with Crippen LogP contribution in [0, 0.1) is 0 Å². The Labute approximate surface area is 225 Å². The molecule has 3 unspecified atom stereocenters. The minimum absolute atomic E-state index is 0.143. The van der Waals surface area contributed by atoms with E-state index in [1.165, 1.54) is 89.8 Å². The molecule has 0 aliphatic heterocycles. The smallest absolute Gasteiger partial charge is 0.382 e. The van der Waals surface area contributed by atoms with Crippen molar-refractivity contribution in [2.75, 3.05) is 18.7 Å². The van der Waals surface area contributed by atoms with Crippen molar-refractivity contribution in [1.82, 2.24) is 19.5 Å². The zero-order valence-corrected chi connectivity index (χ0v) is 24.5. The number of ether oxygens (including phenoxy) is 2. The van der Waals surface area contributed by atoms with Gasteiger partial charge in [0.2, 0.25) is 6.35 Å². The number of unbranched alkanes of at least 4 members (excludes halogenated alkanes) is 13. The summed E-state index contributed by atoms with van der Waals surface area (Å²) in [5, 5.41) is 0. The Morgan fingerprint density at radius 2 is 1.46 bits per heavy atom. The van der Waals surface area contributed by atoms with E-state index in [9.17, 15) is 4.57 Å². The average molecular weight is 537 g/mol. The fourth-order valence-electron chi connectivity index (χ4n) is 4.57. The number of hydrogen-bond donors (Lipinski definition) is 1. The van der Waals surface area contributed by atoms with Crippen LogP contribution in [0.2, 0.25) is 0 Å². The summed E-state index contributed by atoms with van der Waals surface area (Å²) in [6.07, 6.45) is 22.6. The van der Waals surface area contributed by atoms with E-state index in [-0.39, 0.29) is 18.3 Å². The van der Waals surface area contributed by atoms with E-state index in [0.29, 0.717) is 30.1 Å². The molecule has 0 aromatic carbocycles. The lowest BCUT2D eigenvalue weighted by molar-refractivity contribution is 0.0738. The molecule has 0 saturated carbocycles. The molecule has 0 bridgehead atoms. The molecule has 0 aliphatic carbocycles. The fourth-order valence-corrected chi connectivity index (χ4v) is 5.81. The van der Waals surface area contributed by atoms with Gasteiger partial charge < -0.3 is 19.8 Å². The van der Waals surface area contributed by atoms with Crippen LogP contribution in [-0.4, -0.2) is 44.4 Å². The average Bonchev–Trinajstić information content (AvgIpc) is 3.31. The second-order valence-electron chi connectivity index (χ2n) is 10.2. The van der Waals surface area contributed by atoms with Crippen LogP contribution < -0.4 is 5.73 Å². The van der Waals surface area contributed by atoms with Gasteiger partial charge in [0.05, 0.1) is 25.6 Å². The Kier molecular flexibility index (Phi) is 16.6. The van der Waals surface area contributed by atoms with Gasteiger partial charge in [0.1, 0.15) is 11.8 Å². The fraction of sp³-hybridized carbons (Fsp3) is 0.821. The van der Waals surface area contributed by atoms with Gasteiger partial charge >= 0.3 is 7.80 Å². The molecule has 2 aromatic rings. The largest absolute Gasteiger partial charge is 0.398 e. The van der Waals surface area contributed by atoms with Crippen LogP contribution in [0.15, 0.2) is 12.7 Å². The van der Waals surface area contributed by atoms with Gasteiger partial charge in [-0.2, -0.15) is 0 Å². The number of fused-ring (bicyclic) bond motifs is 1. The molecule has 9 heteroatoms. The Balaban J connectivity index is 1.48. The van der Waals surface area contributed by atoms with Gasteiger partial charge in [-0.3, -0.25) is 0 Å². The quantitative estimate of drug-likeness (QED) is 0.114. The maximum atomic E-state index is 12.8. The normalized spacial score (nSPS) is 13.8. The highest BCUT2D eigenvalue weighted by Crippen LogP contribution is 2.32. The van der Waals surface area contributed by atoms with Gasteiger partial charge in [0, 0.05) is 6.42 Å². The van der Waals surface area contributed by atoms with Crippen LogP contribution in [0.3, 0.4) is 0 Å². The molecule has 37 heavy (non-hydrogen) atoms. The Bertz CT molecular complexity index is 879. The van der Waals surface area contributed by atoms with Crippen molar-refractivity contribution in [3.8, 4) is 0 Å². The maximum Gasteiger partial charge on any atom is 0.398 e. The highest BCUT2D eigenvalue weighted by Gasteiger charge is 2.30. The van der Waals surface area contributed by atoms with Crippen LogP contribution in [0.25, 0.3) is 11.2 Å². The molecular weight excluding hydrogens is 485 g/mol. The molecule has 0 spiro atoms. The molecule has 2 aromatic heterocycles. The summed E-state index contributed by atoms with van der Waals surface area (Å²) in [5.41, 5.74) is 7.11. The van der Waals surface area contributed by atoms with E-state index < -0.39 is 7.80 Å². The number of nitrogens with zero attached hydrogens (tertiary/aromatic N) is 4. The first-order valence-electron chi connectivity index (χ1n) is 14.6. The van der Waals surface area contributed by atoms with E-state index in [4.69, 9.17) is 15.2 Å². The molecule has 2 heterocycles. The van der Waals surface area contributed by atoms with Gasteiger partial charge in [-0.05, 0) is 13.3 Å². The summed E-state index contributed by atoms with van der Waals surface area (Å²) < 4.78 is 26.5. The first-order chi connectivity index (χ1) is 18.1. The zero-order valence-electron chi connectivity index (χ0n) is 23.6. The van der Waals surface area contributed by atoms with Gasteiger partial charge in [-0.25, -0.2) is 15.0 Å². The number of imidazole rings is 1. The first-order valence-corrected chi connectivity index (χ1v) is 16.2. The van der Waals surface area contributed by atoms with Gasteiger partial charge in [-0.1, -0.05) is 102 Å². The van der Waals surface area contributed by atoms with Gasteiger partial charge in [0.25, 0.3) is 5.85 Å². The second-order valence-corrected chi connectivity index (χ2v) is 11.8. The molecule has 0 radical (unpaired) electrons. The second kappa shape index (κ2) is 19.4. The SMILES string of the molecule is CCCCCCCCCCCCCCCCOC(CC)[P+](=O)COC(C)Cn1cnc2c(N)ncnc21. The highest BCUT2D eigenvalue weighted by molar-refractivity contribution is 7.45. The van der Waals surface area contributed by atoms with Crippen LogP contribution in [0.4, 0.5) is 5.82 Å². The summed E-state index contributed by atoms with van der Waals surface area (Å²) in [5.74, 6) is 0.118. The van der Waals surface area contributed by atoms with Crippen molar-refractivity contribution in [1.29, 1.82) is 0 Å². The predicted molar refractivity (Wildman–Crippen MR) is 153 cm³/mol. The molecule has 0 aliphatic rings. The van der Waals surface area contributed by atoms with E-state index in [1.807, 2.05) is 18.4 Å².